The molecule has 2 rings (SSSR count). The summed E-state index contributed by atoms with van der Waals surface area (Å²) in [6.07, 6.45) is 4.25. The molecule has 0 aromatic carbocycles. The van der Waals surface area contributed by atoms with Crippen molar-refractivity contribution in [3.05, 3.63) is 0 Å². The van der Waals surface area contributed by atoms with Crippen LogP contribution in [0.2, 0.25) is 0 Å². The van der Waals surface area contributed by atoms with Gasteiger partial charge >= 0.3 is 0 Å². The monoisotopic (exact) mass is 157 g/mol. The first kappa shape index (κ1) is 6.40. The van der Waals surface area contributed by atoms with Gasteiger partial charge in [-0.1, -0.05) is 0 Å². The van der Waals surface area contributed by atoms with E-state index in [4.69, 9.17) is 17.0 Å². The number of fused-ring (bicyclic) bond motifs is 1. The highest BCUT2D eigenvalue weighted by atomic mass is 32.1. The van der Waals surface area contributed by atoms with Crippen LogP contribution in [0.5, 0.6) is 0 Å². The van der Waals surface area contributed by atoms with E-state index >= 15 is 0 Å². The van der Waals surface area contributed by atoms with Gasteiger partial charge < -0.3 is 10.1 Å². The molecular weight excluding hydrogens is 146 g/mol. The zero-order chi connectivity index (χ0) is 6.97. The molecule has 0 spiro atoms. The van der Waals surface area contributed by atoms with Crippen molar-refractivity contribution < 1.29 is 4.74 Å². The minimum atomic E-state index is 0.439. The summed E-state index contributed by atoms with van der Waals surface area (Å²) in [5, 5.41) is 3.66. The van der Waals surface area contributed by atoms with Crippen molar-refractivity contribution in [2.75, 3.05) is 6.54 Å². The molecule has 2 aliphatic rings. The van der Waals surface area contributed by atoms with Crippen molar-refractivity contribution in [3.63, 3.8) is 0 Å². The highest BCUT2D eigenvalue weighted by molar-refractivity contribution is 7.80. The summed E-state index contributed by atoms with van der Waals surface area (Å²) < 4.78 is 5.43. The van der Waals surface area contributed by atoms with E-state index in [0.29, 0.717) is 11.3 Å². The SMILES string of the molecule is S=C1NC[C@@H]2CCC[C@@H]2O1. The number of nitrogens with one attached hydrogen (secondary N) is 1. The molecule has 1 saturated carbocycles. The van der Waals surface area contributed by atoms with Crippen molar-refractivity contribution >= 4 is 17.4 Å². The quantitative estimate of drug-likeness (QED) is 0.531. The minimum Gasteiger partial charge on any atom is -0.467 e. The van der Waals surface area contributed by atoms with Crippen molar-refractivity contribution in [2.24, 2.45) is 5.92 Å². The fourth-order valence-corrected chi connectivity index (χ4v) is 1.99. The van der Waals surface area contributed by atoms with Crippen LogP contribution < -0.4 is 5.32 Å². The fourth-order valence-electron chi connectivity index (χ4n) is 1.79. The summed E-state index contributed by atoms with van der Waals surface area (Å²) in [6, 6.07) is 0. The molecule has 1 N–H and O–H groups in total. The van der Waals surface area contributed by atoms with Crippen molar-refractivity contribution in [3.8, 4) is 0 Å². The molecule has 1 saturated heterocycles. The Kier molecular flexibility index (Phi) is 1.52. The lowest BCUT2D eigenvalue weighted by Crippen LogP contribution is -2.42. The first-order chi connectivity index (χ1) is 4.86. The predicted molar refractivity (Wildman–Crippen MR) is 42.8 cm³/mol. The number of ether oxygens (including phenoxy) is 1. The highest BCUT2D eigenvalue weighted by Gasteiger charge is 2.32. The molecule has 3 heteroatoms. The Morgan fingerprint density at radius 2 is 2.40 bits per heavy atom. The second-order valence-corrected chi connectivity index (χ2v) is 3.39. The van der Waals surface area contributed by atoms with Gasteiger partial charge in [0.1, 0.15) is 6.10 Å². The maximum absolute atomic E-state index is 5.43. The van der Waals surface area contributed by atoms with Gasteiger partial charge in [-0.05, 0) is 31.5 Å². The lowest BCUT2D eigenvalue weighted by molar-refractivity contribution is 0.120. The molecule has 56 valence electrons. The third-order valence-electron chi connectivity index (χ3n) is 2.36. The molecule has 2 atom stereocenters. The van der Waals surface area contributed by atoms with E-state index in [1.54, 1.807) is 0 Å². The molecule has 2 nitrogen and oxygen atoms in total. The third-order valence-corrected chi connectivity index (χ3v) is 2.60. The van der Waals surface area contributed by atoms with Crippen LogP contribution in [0.4, 0.5) is 0 Å². The Bertz CT molecular complexity index is 160. The van der Waals surface area contributed by atoms with Gasteiger partial charge in [-0.25, -0.2) is 0 Å². The smallest absolute Gasteiger partial charge is 0.256 e. The lowest BCUT2D eigenvalue weighted by atomic mass is 10.1. The average Bonchev–Trinajstić information content (AvgIpc) is 2.33. The van der Waals surface area contributed by atoms with E-state index in [0.717, 1.165) is 12.5 Å². The minimum absolute atomic E-state index is 0.439. The van der Waals surface area contributed by atoms with Crippen molar-refractivity contribution in [1.29, 1.82) is 0 Å². The second kappa shape index (κ2) is 2.38. The Labute approximate surface area is 65.9 Å². The molecule has 2 fully saturated rings. The molecule has 0 bridgehead atoms. The molecule has 0 aromatic heterocycles. The standard InChI is InChI=1S/C7H11NOS/c10-7-8-4-5-2-1-3-6(5)9-7/h5-6H,1-4H2,(H,8,10)/t5-,6-/m0/s1. The zero-order valence-electron chi connectivity index (χ0n) is 5.80. The maximum atomic E-state index is 5.43. The van der Waals surface area contributed by atoms with E-state index in [2.05, 4.69) is 5.32 Å². The van der Waals surface area contributed by atoms with Crippen molar-refractivity contribution in [1.82, 2.24) is 5.32 Å². The van der Waals surface area contributed by atoms with E-state index < -0.39 is 0 Å². The Hall–Kier alpha value is -0.310. The molecule has 1 aliphatic carbocycles. The molecule has 0 aromatic rings. The van der Waals surface area contributed by atoms with Crippen LogP contribution in [0.1, 0.15) is 19.3 Å². The maximum Gasteiger partial charge on any atom is 0.256 e. The van der Waals surface area contributed by atoms with Gasteiger partial charge in [0.25, 0.3) is 5.17 Å². The Balaban J connectivity index is 2.03. The van der Waals surface area contributed by atoms with Crippen LogP contribution in [-0.2, 0) is 4.74 Å². The molecule has 0 amide bonds. The Morgan fingerprint density at radius 3 is 3.30 bits per heavy atom. The van der Waals surface area contributed by atoms with Crippen LogP contribution in [0, 0.1) is 5.92 Å². The van der Waals surface area contributed by atoms with Gasteiger partial charge in [0, 0.05) is 12.5 Å². The summed E-state index contributed by atoms with van der Waals surface area (Å²) in [5.74, 6) is 0.728. The topological polar surface area (TPSA) is 21.3 Å². The molecule has 1 heterocycles. The van der Waals surface area contributed by atoms with Crippen LogP contribution in [-0.4, -0.2) is 17.8 Å². The van der Waals surface area contributed by atoms with Crippen LogP contribution in [0.3, 0.4) is 0 Å². The number of hydrogen-bond acceptors (Lipinski definition) is 2. The zero-order valence-corrected chi connectivity index (χ0v) is 6.62. The largest absolute Gasteiger partial charge is 0.467 e. The second-order valence-electron chi connectivity index (χ2n) is 3.02. The number of rotatable bonds is 0. The summed E-state index contributed by atoms with van der Waals surface area (Å²) in [4.78, 5) is 0. The average molecular weight is 157 g/mol. The van der Waals surface area contributed by atoms with Gasteiger partial charge in [0.05, 0.1) is 0 Å². The van der Waals surface area contributed by atoms with Crippen LogP contribution >= 0.6 is 12.2 Å². The summed E-state index contributed by atoms with van der Waals surface area (Å²) in [7, 11) is 0. The Morgan fingerprint density at radius 1 is 1.50 bits per heavy atom. The molecule has 0 radical (unpaired) electrons. The molecule has 1 aliphatic heterocycles. The first-order valence-electron chi connectivity index (χ1n) is 3.81. The molecule has 10 heavy (non-hydrogen) atoms. The summed E-state index contributed by atoms with van der Waals surface area (Å²) in [5.41, 5.74) is 0. The van der Waals surface area contributed by atoms with E-state index in [-0.39, 0.29) is 0 Å². The van der Waals surface area contributed by atoms with E-state index in [9.17, 15) is 0 Å². The van der Waals surface area contributed by atoms with Gasteiger partial charge in [-0.3, -0.25) is 0 Å². The molecular formula is C7H11NOS. The summed E-state index contributed by atoms with van der Waals surface area (Å²) in [6.45, 7) is 1.03. The molecule has 0 unspecified atom stereocenters. The van der Waals surface area contributed by atoms with E-state index in [1.807, 2.05) is 0 Å². The van der Waals surface area contributed by atoms with E-state index in [1.165, 1.54) is 19.3 Å². The lowest BCUT2D eigenvalue weighted by Gasteiger charge is -2.27. The highest BCUT2D eigenvalue weighted by Crippen LogP contribution is 2.29. The fraction of sp³-hybridized carbons (Fsp3) is 0.857. The number of thiocarbonyl (C=S) groups is 1. The first-order valence-corrected chi connectivity index (χ1v) is 4.21. The summed E-state index contributed by atoms with van der Waals surface area (Å²) >= 11 is 4.90. The van der Waals surface area contributed by atoms with Crippen molar-refractivity contribution in [2.45, 2.75) is 25.4 Å². The van der Waals surface area contributed by atoms with Crippen LogP contribution in [0.25, 0.3) is 0 Å². The van der Waals surface area contributed by atoms with Gasteiger partial charge in [-0.2, -0.15) is 0 Å². The van der Waals surface area contributed by atoms with Gasteiger partial charge in [0.2, 0.25) is 0 Å². The number of hydrogen-bond donors (Lipinski definition) is 1. The third kappa shape index (κ3) is 0.985. The van der Waals surface area contributed by atoms with Crippen LogP contribution in [0.15, 0.2) is 0 Å². The van der Waals surface area contributed by atoms with Gasteiger partial charge in [-0.15, -0.1) is 0 Å². The normalized spacial score (nSPS) is 38.2. The predicted octanol–water partition coefficient (Wildman–Crippen LogP) is 1.06. The van der Waals surface area contributed by atoms with Gasteiger partial charge in [0.15, 0.2) is 0 Å².